The first-order valence-corrected chi connectivity index (χ1v) is 21.7. The average Bonchev–Trinajstić information content (AvgIpc) is 3.17. The van der Waals surface area contributed by atoms with Crippen molar-refractivity contribution in [3.63, 3.8) is 0 Å². The summed E-state index contributed by atoms with van der Waals surface area (Å²) < 4.78 is 152. The van der Waals surface area contributed by atoms with Crippen molar-refractivity contribution in [3.8, 4) is 0 Å². The summed E-state index contributed by atoms with van der Waals surface area (Å²) in [5, 5.41) is 12.9. The maximum absolute atomic E-state index is 12.9. The van der Waals surface area contributed by atoms with Gasteiger partial charge in [-0.3, -0.25) is 18.5 Å². The van der Waals surface area contributed by atoms with Crippen LogP contribution in [-0.2, 0) is 102 Å². The molecule has 0 aromatic heterocycles. The van der Waals surface area contributed by atoms with Crippen molar-refractivity contribution >= 4 is 43.1 Å². The number of ether oxygens (including phenoxy) is 6. The second-order valence-electron chi connectivity index (χ2n) is 13.1. The van der Waals surface area contributed by atoms with Crippen molar-refractivity contribution in [1.82, 2.24) is 5.32 Å². The Labute approximate surface area is 344 Å². The molecule has 1 amide bonds. The molecule has 0 bridgehead atoms. The van der Waals surface area contributed by atoms with Gasteiger partial charge in [0.15, 0.2) is 24.8 Å². The van der Waals surface area contributed by atoms with Gasteiger partial charge in [-0.25, -0.2) is 17.3 Å². The molecule has 2 aliphatic rings. The van der Waals surface area contributed by atoms with E-state index in [0.29, 0.717) is 16.7 Å². The van der Waals surface area contributed by atoms with Gasteiger partial charge in [-0.15, -0.1) is 0 Å². The van der Waals surface area contributed by atoms with E-state index in [9.17, 15) is 53.6 Å². The van der Waals surface area contributed by atoms with E-state index in [-0.39, 0.29) is 19.8 Å². The maximum atomic E-state index is 12.9. The van der Waals surface area contributed by atoms with Crippen molar-refractivity contribution in [3.05, 3.63) is 108 Å². The van der Waals surface area contributed by atoms with Gasteiger partial charge in [0, 0.05) is 6.92 Å². The molecule has 22 nitrogen and oxygen atoms in total. The number of hydrogen-bond acceptors (Lipinski definition) is 17. The summed E-state index contributed by atoms with van der Waals surface area (Å²) in [7, 11) is -16.4. The zero-order valence-corrected chi connectivity index (χ0v) is 33.7. The number of aliphatic carboxylic acids is 1. The number of amides is 1. The Kier molecular flexibility index (Phi) is 16.2. The molecule has 5 rings (SSSR count). The molecule has 330 valence electrons. The quantitative estimate of drug-likeness (QED) is 0.0987. The van der Waals surface area contributed by atoms with Crippen molar-refractivity contribution in [2.45, 2.75) is 88.1 Å². The van der Waals surface area contributed by atoms with Crippen LogP contribution in [0.2, 0.25) is 0 Å². The molecule has 25 heteroatoms. The zero-order chi connectivity index (χ0) is 43.7. The molecule has 2 heterocycles. The highest BCUT2D eigenvalue weighted by Gasteiger charge is 2.57. The Bertz CT molecular complexity index is 2200. The minimum atomic E-state index is -5.60. The largest absolute Gasteiger partial charge is 0.479 e. The van der Waals surface area contributed by atoms with Crippen LogP contribution >= 0.6 is 0 Å². The van der Waals surface area contributed by atoms with E-state index >= 15 is 0 Å². The lowest BCUT2D eigenvalue weighted by Gasteiger charge is -2.49. The van der Waals surface area contributed by atoms with Gasteiger partial charge in [-0.2, -0.15) is 25.3 Å². The Balaban J connectivity index is 1.63. The number of carboxylic acid groups (broad SMARTS) is 1. The molecule has 2 saturated heterocycles. The SMILES string of the molecule is CC(=O)N[C@H]1[C@H](OCc2ccccc2)O[C@H](COS(=O)(=O)O)[C@H](OS(=O)(=O)O)[C@@H]1O[C@@H]1O[C@H](C(=O)O)[C@@H](OCc2ccccc2)[C@H](OCc2ccccc2)[C@H]1OS(=O)(=O)O. The topological polar surface area (TPSA) is 313 Å². The lowest BCUT2D eigenvalue weighted by molar-refractivity contribution is -0.342. The normalized spacial score (nSPS) is 27.5. The summed E-state index contributed by atoms with van der Waals surface area (Å²) in [5.41, 5.74) is 1.53. The van der Waals surface area contributed by atoms with Crippen LogP contribution < -0.4 is 5.32 Å². The van der Waals surface area contributed by atoms with E-state index in [1.807, 2.05) is 0 Å². The van der Waals surface area contributed by atoms with Crippen LogP contribution in [0.1, 0.15) is 23.6 Å². The number of carboxylic acids is 1. The van der Waals surface area contributed by atoms with Gasteiger partial charge in [-0.05, 0) is 16.7 Å². The minimum absolute atomic E-state index is 0.293. The monoisotopic (exact) mass is 907 g/mol. The lowest BCUT2D eigenvalue weighted by Crippen LogP contribution is -2.69. The average molecular weight is 908 g/mol. The smallest absolute Gasteiger partial charge is 0.397 e. The third kappa shape index (κ3) is 14.3. The zero-order valence-electron chi connectivity index (χ0n) is 31.2. The minimum Gasteiger partial charge on any atom is -0.479 e. The maximum Gasteiger partial charge on any atom is 0.397 e. The van der Waals surface area contributed by atoms with Crippen molar-refractivity contribution < 1.29 is 94.6 Å². The van der Waals surface area contributed by atoms with E-state index in [2.05, 4.69) is 9.50 Å². The van der Waals surface area contributed by atoms with E-state index in [1.54, 1.807) is 91.0 Å². The summed E-state index contributed by atoms with van der Waals surface area (Å²) in [4.78, 5) is 25.6. The molecule has 0 spiro atoms. The summed E-state index contributed by atoms with van der Waals surface area (Å²) in [5.74, 6) is -2.58. The van der Waals surface area contributed by atoms with Crippen LogP contribution in [-0.4, -0.2) is 124 Å². The van der Waals surface area contributed by atoms with Gasteiger partial charge in [0.25, 0.3) is 0 Å². The number of carbonyl (C=O) groups is 2. The van der Waals surface area contributed by atoms with E-state index in [0.717, 1.165) is 6.92 Å². The highest BCUT2D eigenvalue weighted by atomic mass is 32.3. The van der Waals surface area contributed by atoms with Crippen LogP contribution in [0.5, 0.6) is 0 Å². The van der Waals surface area contributed by atoms with Gasteiger partial charge < -0.3 is 38.8 Å². The number of nitrogens with one attached hydrogen (secondary N) is 1. The van der Waals surface area contributed by atoms with E-state index < -0.39 is 111 Å². The van der Waals surface area contributed by atoms with Crippen molar-refractivity contribution in [1.29, 1.82) is 0 Å². The van der Waals surface area contributed by atoms with E-state index in [1.165, 1.54) is 0 Å². The summed E-state index contributed by atoms with van der Waals surface area (Å²) in [6, 6.07) is 23.0. The summed E-state index contributed by atoms with van der Waals surface area (Å²) in [6.45, 7) is -1.22. The molecule has 0 saturated carbocycles. The lowest BCUT2D eigenvalue weighted by atomic mass is 9.95. The third-order valence-corrected chi connectivity index (χ3v) is 10.1. The first-order chi connectivity index (χ1) is 28.3. The fraction of sp³-hybridized carbons (Fsp3) is 0.429. The van der Waals surface area contributed by atoms with Gasteiger partial charge in [0.2, 0.25) is 5.91 Å². The van der Waals surface area contributed by atoms with Crippen LogP contribution in [0.4, 0.5) is 0 Å². The summed E-state index contributed by atoms with van der Waals surface area (Å²) in [6.07, 6.45) is -18.7. The Morgan fingerprint density at radius 2 is 1.07 bits per heavy atom. The predicted molar refractivity (Wildman–Crippen MR) is 199 cm³/mol. The summed E-state index contributed by atoms with van der Waals surface area (Å²) >= 11 is 0. The molecule has 0 unspecified atom stereocenters. The second-order valence-corrected chi connectivity index (χ2v) is 16.3. The molecule has 0 aliphatic carbocycles. The van der Waals surface area contributed by atoms with Crippen molar-refractivity contribution in [2.75, 3.05) is 6.61 Å². The molecule has 3 aromatic carbocycles. The number of rotatable bonds is 20. The van der Waals surface area contributed by atoms with Crippen molar-refractivity contribution in [2.24, 2.45) is 0 Å². The van der Waals surface area contributed by atoms with Gasteiger partial charge in [0.1, 0.15) is 36.6 Å². The standard InChI is InChI=1S/C35H41NO21S3/c1-21(37)36-26-28(27(56-59(43,44)45)25(20-52-58(40,41)42)53-34(26)51-19-24-15-9-4-10-16-24)54-35-32(57-60(46,47)48)30(50-18-23-13-7-3-8-14-23)29(31(55-35)33(38)39)49-17-22-11-5-2-6-12-22/h2-16,25-32,34-35H,17-20H2,1H3,(H,36,37)(H,38,39)(H,40,41,42)(H,43,44,45)(H,46,47,48)/t25-,26-,27+,28-,29+,30+,31+,32-,34-,35-/m1/s1. The van der Waals surface area contributed by atoms with Gasteiger partial charge in [0.05, 0.1) is 26.4 Å². The Morgan fingerprint density at radius 1 is 0.600 bits per heavy atom. The molecule has 5 N–H and O–H groups in total. The first-order valence-electron chi connectivity index (χ1n) is 17.6. The number of benzene rings is 3. The molecule has 3 aromatic rings. The predicted octanol–water partition coefficient (Wildman–Crippen LogP) is 0.994. The molecule has 10 atom stereocenters. The fourth-order valence-corrected chi connectivity index (χ4v) is 7.62. The van der Waals surface area contributed by atoms with E-state index in [4.69, 9.17) is 36.8 Å². The second kappa shape index (κ2) is 20.7. The number of hydrogen-bond donors (Lipinski definition) is 5. The molecular formula is C35H41NO21S3. The Morgan fingerprint density at radius 3 is 1.52 bits per heavy atom. The van der Waals surface area contributed by atoms with Gasteiger partial charge in [-0.1, -0.05) is 91.0 Å². The molecular weight excluding hydrogens is 867 g/mol. The molecule has 0 radical (unpaired) electrons. The third-order valence-electron chi connectivity index (χ3n) is 8.72. The molecule has 2 fully saturated rings. The van der Waals surface area contributed by atoms with Crippen LogP contribution in [0, 0.1) is 0 Å². The van der Waals surface area contributed by atoms with Crippen LogP contribution in [0.15, 0.2) is 91.0 Å². The molecule has 60 heavy (non-hydrogen) atoms. The Hall–Kier alpha value is -4.03. The molecule has 2 aliphatic heterocycles. The number of carbonyl (C=O) groups excluding carboxylic acids is 1. The fourth-order valence-electron chi connectivity index (χ4n) is 6.31. The van der Waals surface area contributed by atoms with Crippen LogP contribution in [0.3, 0.4) is 0 Å². The van der Waals surface area contributed by atoms with Crippen LogP contribution in [0.25, 0.3) is 0 Å². The van der Waals surface area contributed by atoms with Gasteiger partial charge >= 0.3 is 37.2 Å². The first kappa shape index (κ1) is 47.0. The highest BCUT2D eigenvalue weighted by molar-refractivity contribution is 7.81. The highest BCUT2D eigenvalue weighted by Crippen LogP contribution is 2.36.